The van der Waals surface area contributed by atoms with Gasteiger partial charge in [0.1, 0.15) is 35.8 Å². The van der Waals surface area contributed by atoms with Crippen molar-refractivity contribution in [2.45, 2.75) is 44.2 Å². The standard InChI is InChI=1S/C25H28FN3O5/c1-15-27-21(14-33-15)25(31)28-20-12-22(34-19-6-4-5-17(26)11-19)24(30)23(20)29(2)13-16-7-9-18(32-3)10-8-16/h4-11,14,20,22-24,30H,12-13H2,1-3H3,(H,28,31)/t20-,22-,23+,24+/m1/s1. The number of amides is 1. The number of hydrogen-bond acceptors (Lipinski definition) is 7. The Hall–Kier alpha value is -3.43. The number of nitrogens with zero attached hydrogens (tertiary/aromatic N) is 2. The molecule has 8 nitrogen and oxygen atoms in total. The molecule has 1 fully saturated rings. The number of aryl methyl sites for hydroxylation is 1. The third kappa shape index (κ3) is 5.37. The molecule has 1 aliphatic carbocycles. The Bertz CT molecular complexity index is 1120. The third-order valence-corrected chi connectivity index (χ3v) is 5.98. The number of aromatic nitrogens is 1. The highest BCUT2D eigenvalue weighted by atomic mass is 19.1. The summed E-state index contributed by atoms with van der Waals surface area (Å²) < 4.78 is 29.9. The summed E-state index contributed by atoms with van der Waals surface area (Å²) in [5.74, 6) is 0.633. The minimum Gasteiger partial charge on any atom is -0.497 e. The lowest BCUT2D eigenvalue weighted by Gasteiger charge is -2.32. The minimum atomic E-state index is -0.934. The molecule has 180 valence electrons. The van der Waals surface area contributed by atoms with E-state index in [1.165, 1.54) is 18.4 Å². The number of nitrogens with one attached hydrogen (secondary N) is 1. The molecule has 3 aromatic rings. The molecule has 2 N–H and O–H groups in total. The van der Waals surface area contributed by atoms with Crippen LogP contribution in [0.1, 0.15) is 28.4 Å². The van der Waals surface area contributed by atoms with Crippen molar-refractivity contribution < 1.29 is 28.2 Å². The Morgan fingerprint density at radius 2 is 2.03 bits per heavy atom. The van der Waals surface area contributed by atoms with Gasteiger partial charge in [-0.3, -0.25) is 9.69 Å². The van der Waals surface area contributed by atoms with Gasteiger partial charge in [-0.25, -0.2) is 9.37 Å². The molecular weight excluding hydrogens is 441 g/mol. The van der Waals surface area contributed by atoms with Crippen LogP contribution in [0.4, 0.5) is 4.39 Å². The highest BCUT2D eigenvalue weighted by molar-refractivity contribution is 5.92. The van der Waals surface area contributed by atoms with Crippen molar-refractivity contribution in [3.8, 4) is 11.5 Å². The molecule has 1 amide bonds. The second-order valence-electron chi connectivity index (χ2n) is 8.43. The van der Waals surface area contributed by atoms with E-state index in [-0.39, 0.29) is 5.69 Å². The molecule has 0 radical (unpaired) electrons. The lowest BCUT2D eigenvalue weighted by Crippen LogP contribution is -2.51. The summed E-state index contributed by atoms with van der Waals surface area (Å²) in [4.78, 5) is 18.8. The molecule has 1 heterocycles. The fourth-order valence-corrected chi connectivity index (χ4v) is 4.37. The largest absolute Gasteiger partial charge is 0.497 e. The number of oxazole rings is 1. The predicted octanol–water partition coefficient (Wildman–Crippen LogP) is 2.94. The minimum absolute atomic E-state index is 0.165. The second-order valence-corrected chi connectivity index (χ2v) is 8.43. The van der Waals surface area contributed by atoms with Crippen LogP contribution in [0.2, 0.25) is 0 Å². The van der Waals surface area contributed by atoms with Gasteiger partial charge in [-0.2, -0.15) is 0 Å². The Labute approximate surface area is 197 Å². The summed E-state index contributed by atoms with van der Waals surface area (Å²) >= 11 is 0. The summed E-state index contributed by atoms with van der Waals surface area (Å²) in [5.41, 5.74) is 1.18. The number of rotatable bonds is 8. The molecule has 0 aliphatic heterocycles. The van der Waals surface area contributed by atoms with Crippen LogP contribution in [0.3, 0.4) is 0 Å². The van der Waals surface area contributed by atoms with Crippen molar-refractivity contribution in [3.05, 3.63) is 77.8 Å². The molecular formula is C25H28FN3O5. The van der Waals surface area contributed by atoms with Crippen molar-refractivity contribution in [2.24, 2.45) is 0 Å². The molecule has 9 heteroatoms. The highest BCUT2D eigenvalue weighted by Crippen LogP contribution is 2.30. The normalized spacial score (nSPS) is 22.1. The van der Waals surface area contributed by atoms with Crippen LogP contribution in [0.25, 0.3) is 0 Å². The van der Waals surface area contributed by atoms with E-state index in [9.17, 15) is 14.3 Å². The fraction of sp³-hybridized carbons (Fsp3) is 0.360. The van der Waals surface area contributed by atoms with Gasteiger partial charge in [-0.1, -0.05) is 18.2 Å². The maximum atomic E-state index is 13.6. The van der Waals surface area contributed by atoms with Gasteiger partial charge in [0.15, 0.2) is 11.6 Å². The number of halogens is 1. The maximum absolute atomic E-state index is 13.6. The number of ether oxygens (including phenoxy) is 2. The fourth-order valence-electron chi connectivity index (χ4n) is 4.37. The van der Waals surface area contributed by atoms with E-state index in [0.29, 0.717) is 24.6 Å². The van der Waals surface area contributed by atoms with Crippen LogP contribution >= 0.6 is 0 Å². The topological polar surface area (TPSA) is 97.1 Å². The second kappa shape index (κ2) is 10.2. The van der Waals surface area contributed by atoms with E-state index in [0.717, 1.165) is 11.3 Å². The molecule has 4 atom stereocenters. The van der Waals surface area contributed by atoms with Crippen LogP contribution in [0.5, 0.6) is 11.5 Å². The SMILES string of the molecule is COc1ccc(CN(C)[C@@H]2[C@@H](O)[C@H](Oc3cccc(F)c3)C[C@H]2NC(=O)c2coc(C)n2)cc1. The average Bonchev–Trinajstić information content (AvgIpc) is 3.37. The molecule has 0 unspecified atom stereocenters. The maximum Gasteiger partial charge on any atom is 0.273 e. The van der Waals surface area contributed by atoms with E-state index < -0.39 is 36.0 Å². The Morgan fingerprint density at radius 3 is 2.68 bits per heavy atom. The van der Waals surface area contributed by atoms with Crippen LogP contribution < -0.4 is 14.8 Å². The Kier molecular flexibility index (Phi) is 7.14. The van der Waals surface area contributed by atoms with Gasteiger partial charge in [0.05, 0.1) is 19.2 Å². The molecule has 1 aliphatic rings. The third-order valence-electron chi connectivity index (χ3n) is 5.98. The van der Waals surface area contributed by atoms with Gasteiger partial charge < -0.3 is 24.3 Å². The number of carbonyl (C=O) groups is 1. The summed E-state index contributed by atoms with van der Waals surface area (Å²) in [6.07, 6.45) is 0.0513. The van der Waals surface area contributed by atoms with Crippen LogP contribution in [0, 0.1) is 12.7 Å². The summed E-state index contributed by atoms with van der Waals surface area (Å²) in [5, 5.41) is 14.2. The number of aliphatic hydroxyl groups is 1. The zero-order valence-electron chi connectivity index (χ0n) is 19.3. The number of benzene rings is 2. The number of methoxy groups -OCH3 is 1. The smallest absolute Gasteiger partial charge is 0.273 e. The van der Waals surface area contributed by atoms with E-state index in [1.54, 1.807) is 26.2 Å². The number of carbonyl (C=O) groups excluding carboxylic acids is 1. The van der Waals surface area contributed by atoms with Crippen LogP contribution in [0.15, 0.2) is 59.2 Å². The van der Waals surface area contributed by atoms with Crippen molar-refractivity contribution in [3.63, 3.8) is 0 Å². The van der Waals surface area contributed by atoms with E-state index >= 15 is 0 Å². The first-order chi connectivity index (χ1) is 16.3. The van der Waals surface area contributed by atoms with Gasteiger partial charge >= 0.3 is 0 Å². The Balaban J connectivity index is 1.53. The molecule has 4 rings (SSSR count). The molecule has 2 aromatic carbocycles. The summed E-state index contributed by atoms with van der Waals surface area (Å²) in [6.45, 7) is 2.18. The number of hydrogen-bond donors (Lipinski definition) is 2. The van der Waals surface area contributed by atoms with E-state index in [1.807, 2.05) is 36.2 Å². The van der Waals surface area contributed by atoms with Crippen molar-refractivity contribution >= 4 is 5.91 Å². The zero-order chi connectivity index (χ0) is 24.2. The Morgan fingerprint density at radius 1 is 1.26 bits per heavy atom. The van der Waals surface area contributed by atoms with Crippen LogP contribution in [-0.2, 0) is 6.54 Å². The molecule has 0 saturated heterocycles. The van der Waals surface area contributed by atoms with Crippen molar-refractivity contribution in [1.29, 1.82) is 0 Å². The lowest BCUT2D eigenvalue weighted by molar-refractivity contribution is 0.0124. The lowest BCUT2D eigenvalue weighted by atomic mass is 10.1. The number of aliphatic hydroxyl groups excluding tert-OH is 1. The first-order valence-corrected chi connectivity index (χ1v) is 11.0. The number of likely N-dealkylation sites (N-methyl/N-ethyl adjacent to an activating group) is 1. The molecule has 34 heavy (non-hydrogen) atoms. The first-order valence-electron chi connectivity index (χ1n) is 11.0. The molecule has 1 saturated carbocycles. The van der Waals surface area contributed by atoms with Gasteiger partial charge in [0.25, 0.3) is 5.91 Å². The molecule has 1 aromatic heterocycles. The first kappa shape index (κ1) is 23.7. The zero-order valence-corrected chi connectivity index (χ0v) is 19.3. The van der Waals surface area contributed by atoms with Crippen molar-refractivity contribution in [2.75, 3.05) is 14.2 Å². The monoisotopic (exact) mass is 469 g/mol. The van der Waals surface area contributed by atoms with Gasteiger partial charge in [0, 0.05) is 26.0 Å². The van der Waals surface area contributed by atoms with E-state index in [2.05, 4.69) is 10.3 Å². The molecule has 0 spiro atoms. The van der Waals surface area contributed by atoms with Crippen molar-refractivity contribution in [1.82, 2.24) is 15.2 Å². The predicted molar refractivity (Wildman–Crippen MR) is 122 cm³/mol. The highest BCUT2D eigenvalue weighted by Gasteiger charge is 2.46. The van der Waals surface area contributed by atoms with Crippen LogP contribution in [-0.4, -0.2) is 59.3 Å². The average molecular weight is 470 g/mol. The van der Waals surface area contributed by atoms with E-state index in [4.69, 9.17) is 13.9 Å². The van der Waals surface area contributed by atoms with Gasteiger partial charge in [-0.05, 0) is 36.9 Å². The molecule has 0 bridgehead atoms. The van der Waals surface area contributed by atoms with Gasteiger partial charge in [-0.15, -0.1) is 0 Å². The van der Waals surface area contributed by atoms with Gasteiger partial charge in [0.2, 0.25) is 0 Å². The summed E-state index contributed by atoms with van der Waals surface area (Å²) in [6, 6.07) is 12.5. The quantitative estimate of drug-likeness (QED) is 0.524. The summed E-state index contributed by atoms with van der Waals surface area (Å²) in [7, 11) is 3.49.